The number of anilines is 1. The van der Waals surface area contributed by atoms with Crippen LogP contribution in [0.1, 0.15) is 5.56 Å². The van der Waals surface area contributed by atoms with Crippen molar-refractivity contribution < 1.29 is 27.2 Å². The Kier molecular flexibility index (Phi) is 7.19. The second-order valence-electron chi connectivity index (χ2n) is 7.22. The van der Waals surface area contributed by atoms with Crippen LogP contribution in [-0.2, 0) is 22.3 Å². The summed E-state index contributed by atoms with van der Waals surface area (Å²) in [5.41, 5.74) is -1.68. The number of hydrogen-bond donors (Lipinski definition) is 1. The number of halogens is 5. The largest absolute Gasteiger partial charge is 0.417 e. The number of carbonyl (C=O) groups excluding carboxylic acids is 2. The maximum atomic E-state index is 13.2. The van der Waals surface area contributed by atoms with E-state index in [2.05, 4.69) is 5.32 Å². The lowest BCUT2D eigenvalue weighted by molar-refractivity contribution is -0.139. The smallest absolute Gasteiger partial charge is 0.339 e. The van der Waals surface area contributed by atoms with Crippen molar-refractivity contribution in [3.05, 3.63) is 63.3 Å². The molecule has 172 valence electrons. The molecule has 1 aliphatic heterocycles. The third-order valence-electron chi connectivity index (χ3n) is 4.88. The van der Waals surface area contributed by atoms with Gasteiger partial charge in [-0.2, -0.15) is 13.2 Å². The molecule has 0 unspecified atom stereocenters. The van der Waals surface area contributed by atoms with Crippen LogP contribution in [0.25, 0.3) is 0 Å². The van der Waals surface area contributed by atoms with Gasteiger partial charge in [-0.15, -0.1) is 0 Å². The van der Waals surface area contributed by atoms with Crippen molar-refractivity contribution in [2.45, 2.75) is 12.7 Å². The van der Waals surface area contributed by atoms with E-state index in [1.807, 2.05) is 0 Å². The molecule has 0 saturated carbocycles. The van der Waals surface area contributed by atoms with Crippen LogP contribution in [0.5, 0.6) is 0 Å². The van der Waals surface area contributed by atoms with Gasteiger partial charge in [0.05, 0.1) is 12.1 Å². The Hall–Kier alpha value is -2.92. The van der Waals surface area contributed by atoms with E-state index in [0.29, 0.717) is 35.6 Å². The van der Waals surface area contributed by atoms with Gasteiger partial charge in [-0.3, -0.25) is 19.3 Å². The number of hydrogen-bond acceptors (Lipinski definition) is 4. The Morgan fingerprint density at radius 1 is 1.06 bits per heavy atom. The molecule has 1 fully saturated rings. The summed E-state index contributed by atoms with van der Waals surface area (Å²) in [6.07, 6.45) is -4.14. The Balaban J connectivity index is 1.54. The molecule has 1 N–H and O–H groups in total. The minimum atomic E-state index is -4.71. The zero-order valence-electron chi connectivity index (χ0n) is 16.7. The summed E-state index contributed by atoms with van der Waals surface area (Å²) >= 11 is 5.60. The molecule has 2 heterocycles. The molecule has 1 saturated heterocycles. The second kappa shape index (κ2) is 9.70. The van der Waals surface area contributed by atoms with Gasteiger partial charge in [-0.1, -0.05) is 17.7 Å². The number of rotatable bonds is 5. The Labute approximate surface area is 185 Å². The molecular formula is C20H19ClF4N4O3. The van der Waals surface area contributed by atoms with Crippen molar-refractivity contribution >= 4 is 29.1 Å². The molecule has 3 rings (SSSR count). The number of nitrogens with zero attached hydrogens (tertiary/aromatic N) is 3. The molecule has 0 atom stereocenters. The molecule has 0 spiro atoms. The molecular weight excluding hydrogens is 456 g/mol. The fourth-order valence-electron chi connectivity index (χ4n) is 3.24. The van der Waals surface area contributed by atoms with E-state index >= 15 is 0 Å². The van der Waals surface area contributed by atoms with Gasteiger partial charge in [-0.05, 0) is 24.3 Å². The van der Waals surface area contributed by atoms with Crippen molar-refractivity contribution in [3.63, 3.8) is 0 Å². The van der Waals surface area contributed by atoms with E-state index in [9.17, 15) is 31.9 Å². The van der Waals surface area contributed by atoms with Gasteiger partial charge < -0.3 is 14.8 Å². The van der Waals surface area contributed by atoms with Crippen LogP contribution >= 0.6 is 11.6 Å². The van der Waals surface area contributed by atoms with Gasteiger partial charge in [0.1, 0.15) is 17.4 Å². The molecule has 0 aliphatic carbocycles. The van der Waals surface area contributed by atoms with Crippen molar-refractivity contribution in [1.82, 2.24) is 14.4 Å². The first-order valence-corrected chi connectivity index (χ1v) is 9.93. The normalized spacial score (nSPS) is 15.0. The van der Waals surface area contributed by atoms with Crippen molar-refractivity contribution in [2.75, 3.05) is 38.0 Å². The zero-order valence-corrected chi connectivity index (χ0v) is 17.4. The van der Waals surface area contributed by atoms with Crippen LogP contribution in [0.2, 0.25) is 5.02 Å². The van der Waals surface area contributed by atoms with E-state index in [1.54, 1.807) is 11.0 Å². The predicted molar refractivity (Wildman–Crippen MR) is 109 cm³/mol. The van der Waals surface area contributed by atoms with Crippen LogP contribution < -0.4 is 10.9 Å². The molecule has 0 radical (unpaired) electrons. The van der Waals surface area contributed by atoms with Gasteiger partial charge in [0, 0.05) is 38.1 Å². The summed E-state index contributed by atoms with van der Waals surface area (Å²) in [5.74, 6) is -1.36. The monoisotopic (exact) mass is 474 g/mol. The number of piperazine rings is 1. The predicted octanol–water partition coefficient (Wildman–Crippen LogP) is 2.44. The highest BCUT2D eigenvalue weighted by Crippen LogP contribution is 2.29. The number of benzene rings is 1. The van der Waals surface area contributed by atoms with E-state index in [-0.39, 0.29) is 25.5 Å². The van der Waals surface area contributed by atoms with Gasteiger partial charge >= 0.3 is 6.18 Å². The summed E-state index contributed by atoms with van der Waals surface area (Å²) in [6, 6.07) is 6.00. The number of aromatic nitrogens is 1. The van der Waals surface area contributed by atoms with Crippen LogP contribution in [0, 0.1) is 5.82 Å². The van der Waals surface area contributed by atoms with Crippen LogP contribution in [0.4, 0.5) is 23.2 Å². The topological polar surface area (TPSA) is 74.7 Å². The van der Waals surface area contributed by atoms with Crippen LogP contribution in [0.3, 0.4) is 0 Å². The summed E-state index contributed by atoms with van der Waals surface area (Å²) in [4.78, 5) is 39.9. The first kappa shape index (κ1) is 23.7. The minimum Gasteiger partial charge on any atom is -0.339 e. The molecule has 1 aliphatic rings. The fraction of sp³-hybridized carbons (Fsp3) is 0.350. The Morgan fingerprint density at radius 3 is 2.38 bits per heavy atom. The Bertz CT molecular complexity index is 1070. The molecule has 0 bridgehead atoms. The zero-order chi connectivity index (χ0) is 23.5. The van der Waals surface area contributed by atoms with E-state index in [1.165, 1.54) is 23.1 Å². The fourth-order valence-corrected chi connectivity index (χ4v) is 3.47. The lowest BCUT2D eigenvalue weighted by atomic mass is 10.2. The third-order valence-corrected chi connectivity index (χ3v) is 5.15. The van der Waals surface area contributed by atoms with Gasteiger partial charge in [-0.25, -0.2) is 4.39 Å². The molecule has 1 aromatic carbocycles. The number of amides is 2. The highest BCUT2D eigenvalue weighted by atomic mass is 35.5. The van der Waals surface area contributed by atoms with E-state index in [4.69, 9.17) is 11.6 Å². The van der Waals surface area contributed by atoms with Crippen LogP contribution in [0.15, 0.2) is 41.3 Å². The van der Waals surface area contributed by atoms with Crippen molar-refractivity contribution in [2.24, 2.45) is 0 Å². The molecule has 32 heavy (non-hydrogen) atoms. The molecule has 2 amide bonds. The van der Waals surface area contributed by atoms with E-state index < -0.39 is 40.6 Å². The van der Waals surface area contributed by atoms with Gasteiger partial charge in [0.2, 0.25) is 11.8 Å². The molecule has 12 heteroatoms. The lowest BCUT2D eigenvalue weighted by Gasteiger charge is -2.34. The first-order valence-electron chi connectivity index (χ1n) is 9.55. The van der Waals surface area contributed by atoms with E-state index in [0.717, 1.165) is 0 Å². The Morgan fingerprint density at radius 2 is 1.75 bits per heavy atom. The van der Waals surface area contributed by atoms with Gasteiger partial charge in [0.25, 0.3) is 5.56 Å². The molecule has 2 aromatic rings. The average Bonchev–Trinajstić information content (AvgIpc) is 2.71. The second-order valence-corrected chi connectivity index (χ2v) is 7.63. The van der Waals surface area contributed by atoms with Crippen molar-refractivity contribution in [1.29, 1.82) is 0 Å². The average molecular weight is 475 g/mol. The molecule has 7 nitrogen and oxygen atoms in total. The number of alkyl halides is 3. The summed E-state index contributed by atoms with van der Waals surface area (Å²) in [6.45, 7) is 0.603. The number of carbonyl (C=O) groups is 2. The quantitative estimate of drug-likeness (QED) is 0.676. The number of pyridine rings is 1. The standard InChI is InChI=1S/C20H19ClF4N4O3/c21-16-8-13(20(23,24)25)10-29(19(16)32)12-18(31)28-6-4-27(5-7-28)11-17(30)26-15-3-1-2-14(22)9-15/h1-3,8-10H,4-7,11-12H2,(H,26,30). The van der Waals surface area contributed by atoms with Crippen LogP contribution in [-0.4, -0.2) is 58.9 Å². The highest BCUT2D eigenvalue weighted by Gasteiger charge is 2.32. The first-order chi connectivity index (χ1) is 15.0. The maximum Gasteiger partial charge on any atom is 0.417 e. The summed E-state index contributed by atoms with van der Waals surface area (Å²) < 4.78 is 52.7. The summed E-state index contributed by atoms with van der Waals surface area (Å²) in [5, 5.41) is 1.96. The molecule has 1 aromatic heterocycles. The maximum absolute atomic E-state index is 13.2. The number of nitrogens with one attached hydrogen (secondary N) is 1. The minimum absolute atomic E-state index is 0.0290. The van der Waals surface area contributed by atoms with Gasteiger partial charge in [0.15, 0.2) is 0 Å². The van der Waals surface area contributed by atoms with Crippen molar-refractivity contribution in [3.8, 4) is 0 Å². The SMILES string of the molecule is O=C(CN1CCN(C(=O)Cn2cc(C(F)(F)F)cc(Cl)c2=O)CC1)Nc1cccc(F)c1. The highest BCUT2D eigenvalue weighted by molar-refractivity contribution is 6.30. The lowest BCUT2D eigenvalue weighted by Crippen LogP contribution is -2.51. The summed E-state index contributed by atoms with van der Waals surface area (Å²) in [7, 11) is 0. The third kappa shape index (κ3) is 6.07.